The van der Waals surface area contributed by atoms with Gasteiger partial charge in [-0.05, 0) is 81.0 Å². The molecular weight excluding hydrogens is 410 g/mol. The van der Waals surface area contributed by atoms with Crippen molar-refractivity contribution in [2.24, 2.45) is 0 Å². The maximum absolute atomic E-state index is 12.4. The molecule has 1 aliphatic heterocycles. The minimum absolute atomic E-state index is 0.111. The van der Waals surface area contributed by atoms with Gasteiger partial charge in [0.05, 0.1) is 11.9 Å². The molecule has 1 N–H and O–H groups in total. The molecule has 1 fully saturated rings. The molecule has 168 valence electrons. The highest BCUT2D eigenvalue weighted by atomic mass is 32.2. The number of nitrogens with one attached hydrogen (secondary N) is 1. The number of piperidine rings is 1. The average molecular weight is 444 g/mol. The quantitative estimate of drug-likeness (QED) is 0.653. The number of benzene rings is 2. The summed E-state index contributed by atoms with van der Waals surface area (Å²) in [5.74, 6) is -0.111. The minimum Gasteiger partial charge on any atom is -0.372 e. The summed E-state index contributed by atoms with van der Waals surface area (Å²) in [5, 5.41) is 2.92. The third-order valence-corrected chi connectivity index (χ3v) is 7.06. The smallest absolute Gasteiger partial charge is 0.232 e. The van der Waals surface area contributed by atoms with E-state index in [1.54, 1.807) is 0 Å². The Morgan fingerprint density at radius 3 is 2.35 bits per heavy atom. The first-order chi connectivity index (χ1) is 14.8. The second-order valence-corrected chi connectivity index (χ2v) is 10.2. The molecule has 31 heavy (non-hydrogen) atoms. The highest BCUT2D eigenvalue weighted by Crippen LogP contribution is 2.26. The summed E-state index contributed by atoms with van der Waals surface area (Å²) in [6.45, 7) is 6.32. The van der Waals surface area contributed by atoms with Gasteiger partial charge in [-0.25, -0.2) is 8.42 Å². The first-order valence-electron chi connectivity index (χ1n) is 10.9. The van der Waals surface area contributed by atoms with Gasteiger partial charge >= 0.3 is 0 Å². The van der Waals surface area contributed by atoms with Crippen molar-refractivity contribution in [2.45, 2.75) is 46.0 Å². The second kappa shape index (κ2) is 10.2. The molecule has 2 aromatic rings. The minimum atomic E-state index is -3.43. The van der Waals surface area contributed by atoms with Crippen molar-refractivity contribution < 1.29 is 13.2 Å². The molecule has 0 spiro atoms. The van der Waals surface area contributed by atoms with Crippen LogP contribution in [0.5, 0.6) is 0 Å². The highest BCUT2D eigenvalue weighted by molar-refractivity contribution is 7.92. The van der Waals surface area contributed by atoms with E-state index in [0.717, 1.165) is 29.9 Å². The monoisotopic (exact) mass is 443 g/mol. The van der Waals surface area contributed by atoms with E-state index in [1.807, 2.05) is 56.3 Å². The Morgan fingerprint density at radius 1 is 1.03 bits per heavy atom. The van der Waals surface area contributed by atoms with E-state index < -0.39 is 10.0 Å². The van der Waals surface area contributed by atoms with Gasteiger partial charge in [0.1, 0.15) is 0 Å². The number of rotatable bonds is 8. The van der Waals surface area contributed by atoms with Crippen LogP contribution in [0.2, 0.25) is 0 Å². The van der Waals surface area contributed by atoms with Crippen molar-refractivity contribution in [1.82, 2.24) is 0 Å². The van der Waals surface area contributed by atoms with Crippen molar-refractivity contribution in [1.29, 1.82) is 0 Å². The maximum Gasteiger partial charge on any atom is 0.232 e. The Labute approximate surface area is 186 Å². The molecule has 0 radical (unpaired) electrons. The molecule has 3 rings (SSSR count). The summed E-state index contributed by atoms with van der Waals surface area (Å²) in [6.07, 6.45) is 5.66. The summed E-state index contributed by atoms with van der Waals surface area (Å²) in [5.41, 5.74) is 4.61. The van der Waals surface area contributed by atoms with E-state index in [-0.39, 0.29) is 18.9 Å². The van der Waals surface area contributed by atoms with Gasteiger partial charge in [-0.2, -0.15) is 0 Å². The fraction of sp³-hybridized carbons (Fsp3) is 0.458. The van der Waals surface area contributed by atoms with Crippen LogP contribution in [0.15, 0.2) is 42.5 Å². The number of hydrogen-bond donors (Lipinski definition) is 1. The molecule has 1 heterocycles. The van der Waals surface area contributed by atoms with Gasteiger partial charge < -0.3 is 10.2 Å². The van der Waals surface area contributed by atoms with Gasteiger partial charge in [-0.3, -0.25) is 9.10 Å². The summed E-state index contributed by atoms with van der Waals surface area (Å²) >= 11 is 0. The van der Waals surface area contributed by atoms with E-state index >= 15 is 0 Å². The summed E-state index contributed by atoms with van der Waals surface area (Å²) in [6, 6.07) is 13.6. The van der Waals surface area contributed by atoms with E-state index in [9.17, 15) is 13.2 Å². The summed E-state index contributed by atoms with van der Waals surface area (Å²) in [7, 11) is -3.43. The number of carbonyl (C=O) groups excluding carboxylic acids is 1. The van der Waals surface area contributed by atoms with E-state index in [4.69, 9.17) is 0 Å². The Hall–Kier alpha value is -2.54. The van der Waals surface area contributed by atoms with Gasteiger partial charge in [-0.15, -0.1) is 0 Å². The molecule has 1 aliphatic rings. The predicted molar refractivity (Wildman–Crippen MR) is 128 cm³/mol. The fourth-order valence-electron chi connectivity index (χ4n) is 3.99. The number of hydrogen-bond acceptors (Lipinski definition) is 4. The van der Waals surface area contributed by atoms with Crippen molar-refractivity contribution in [2.75, 3.05) is 40.4 Å². The second-order valence-electron chi connectivity index (χ2n) is 8.30. The number of anilines is 3. The van der Waals surface area contributed by atoms with E-state index in [0.29, 0.717) is 12.1 Å². The normalized spacial score (nSPS) is 14.4. The van der Waals surface area contributed by atoms with Gasteiger partial charge in [0.25, 0.3) is 0 Å². The lowest BCUT2D eigenvalue weighted by molar-refractivity contribution is -0.116. The molecule has 1 amide bonds. The van der Waals surface area contributed by atoms with E-state index in [2.05, 4.69) is 10.2 Å². The van der Waals surface area contributed by atoms with Crippen LogP contribution in [-0.4, -0.2) is 40.2 Å². The molecular formula is C24H33N3O3S. The van der Waals surface area contributed by atoms with Gasteiger partial charge in [0.15, 0.2) is 0 Å². The number of aryl methyl sites for hydroxylation is 1. The molecule has 7 heteroatoms. The topological polar surface area (TPSA) is 69.7 Å². The van der Waals surface area contributed by atoms with Crippen molar-refractivity contribution in [3.8, 4) is 0 Å². The lowest BCUT2D eigenvalue weighted by Crippen LogP contribution is -2.32. The van der Waals surface area contributed by atoms with Crippen LogP contribution < -0.4 is 14.5 Å². The molecule has 0 aromatic heterocycles. The zero-order valence-electron chi connectivity index (χ0n) is 18.7. The zero-order valence-corrected chi connectivity index (χ0v) is 19.5. The molecule has 6 nitrogen and oxygen atoms in total. The zero-order chi connectivity index (χ0) is 22.4. The Balaban J connectivity index is 1.55. The van der Waals surface area contributed by atoms with Crippen molar-refractivity contribution in [3.63, 3.8) is 0 Å². The molecule has 0 saturated carbocycles. The Morgan fingerprint density at radius 2 is 1.71 bits per heavy atom. The standard InChI is InChI=1S/C24H33N3O3S/c1-19-9-7-10-23(20(19)2)27(31(3,29)30)18-8-11-24(28)25-21-12-14-22(15-13-21)26-16-5-4-6-17-26/h7,9-10,12-15H,4-6,8,11,16-18H2,1-3H3,(H,25,28). The third-order valence-electron chi connectivity index (χ3n) is 5.88. The van der Waals surface area contributed by atoms with Crippen LogP contribution in [0.25, 0.3) is 0 Å². The van der Waals surface area contributed by atoms with Gasteiger partial charge in [0, 0.05) is 37.4 Å². The van der Waals surface area contributed by atoms with Crippen LogP contribution in [0.1, 0.15) is 43.2 Å². The van der Waals surface area contributed by atoms with Crippen LogP contribution in [-0.2, 0) is 14.8 Å². The number of sulfonamides is 1. The average Bonchev–Trinajstić information content (AvgIpc) is 2.74. The predicted octanol–water partition coefficient (Wildman–Crippen LogP) is 4.48. The lowest BCUT2D eigenvalue weighted by Gasteiger charge is -2.28. The van der Waals surface area contributed by atoms with Crippen LogP contribution in [0.4, 0.5) is 17.1 Å². The molecule has 0 aliphatic carbocycles. The van der Waals surface area contributed by atoms with Crippen LogP contribution in [0, 0.1) is 13.8 Å². The molecule has 0 unspecified atom stereocenters. The molecule has 2 aromatic carbocycles. The van der Waals surface area contributed by atoms with Gasteiger partial charge in [-0.1, -0.05) is 12.1 Å². The Bertz CT molecular complexity index is 997. The van der Waals surface area contributed by atoms with Crippen LogP contribution >= 0.6 is 0 Å². The van der Waals surface area contributed by atoms with Crippen molar-refractivity contribution >= 4 is 33.0 Å². The molecule has 0 atom stereocenters. The third kappa shape index (κ3) is 6.23. The lowest BCUT2D eigenvalue weighted by atomic mass is 10.1. The fourth-order valence-corrected chi connectivity index (χ4v) is 5.00. The van der Waals surface area contributed by atoms with Gasteiger partial charge in [0.2, 0.25) is 15.9 Å². The van der Waals surface area contributed by atoms with E-state index in [1.165, 1.54) is 35.5 Å². The molecule has 1 saturated heterocycles. The number of amides is 1. The molecule has 0 bridgehead atoms. The first kappa shape index (κ1) is 23.1. The highest BCUT2D eigenvalue weighted by Gasteiger charge is 2.20. The largest absolute Gasteiger partial charge is 0.372 e. The Kier molecular flexibility index (Phi) is 7.59. The number of carbonyl (C=O) groups is 1. The summed E-state index contributed by atoms with van der Waals surface area (Å²) in [4.78, 5) is 14.8. The van der Waals surface area contributed by atoms with Crippen molar-refractivity contribution in [3.05, 3.63) is 53.6 Å². The number of nitrogens with zero attached hydrogens (tertiary/aromatic N) is 2. The summed E-state index contributed by atoms with van der Waals surface area (Å²) < 4.78 is 26.1. The van der Waals surface area contributed by atoms with Crippen LogP contribution in [0.3, 0.4) is 0 Å². The first-order valence-corrected chi connectivity index (χ1v) is 12.8. The SMILES string of the molecule is Cc1cccc(N(CCCC(=O)Nc2ccc(N3CCCCC3)cc2)S(C)(=O)=O)c1C. The maximum atomic E-state index is 12.4.